The summed E-state index contributed by atoms with van der Waals surface area (Å²) in [5.41, 5.74) is -13.5. The molecular formula is C43H49NO21. The molecule has 4 bridgehead atoms. The second-order valence-electron chi connectivity index (χ2n) is 16.9. The molecule has 65 heavy (non-hydrogen) atoms. The van der Waals surface area contributed by atoms with Gasteiger partial charge in [0.25, 0.3) is 0 Å². The van der Waals surface area contributed by atoms with Crippen molar-refractivity contribution in [2.45, 2.75) is 134 Å². The first-order chi connectivity index (χ1) is 30.3. The van der Waals surface area contributed by atoms with Gasteiger partial charge in [-0.3, -0.25) is 33.8 Å². The van der Waals surface area contributed by atoms with E-state index in [-0.39, 0.29) is 23.2 Å². The van der Waals surface area contributed by atoms with Gasteiger partial charge < -0.3 is 56.9 Å². The number of cyclic esters (lactones) is 1. The van der Waals surface area contributed by atoms with Crippen LogP contribution in [0.5, 0.6) is 0 Å². The van der Waals surface area contributed by atoms with E-state index < -0.39 is 144 Å². The molecule has 1 spiro atoms. The molecule has 2 aromatic heterocycles. The van der Waals surface area contributed by atoms with E-state index in [9.17, 15) is 48.3 Å². The predicted molar refractivity (Wildman–Crippen MR) is 208 cm³/mol. The Kier molecular flexibility index (Phi) is 12.9. The first-order valence-corrected chi connectivity index (χ1v) is 20.3. The number of hydrogen-bond donors (Lipinski definition) is 1. The zero-order valence-electron chi connectivity index (χ0n) is 36.9. The lowest BCUT2D eigenvalue weighted by Gasteiger charge is -2.67. The van der Waals surface area contributed by atoms with Gasteiger partial charge in [-0.05, 0) is 45.4 Å². The topological polar surface area (TPSA) is 292 Å². The van der Waals surface area contributed by atoms with E-state index in [0.717, 1.165) is 67.9 Å². The lowest BCUT2D eigenvalue weighted by atomic mass is 9.45. The second kappa shape index (κ2) is 17.5. The Morgan fingerprint density at radius 1 is 0.785 bits per heavy atom. The van der Waals surface area contributed by atoms with Crippen LogP contribution >= 0.6 is 0 Å². The van der Waals surface area contributed by atoms with Gasteiger partial charge in [0.15, 0.2) is 30.0 Å². The van der Waals surface area contributed by atoms with Gasteiger partial charge in [-0.15, -0.1) is 0 Å². The van der Waals surface area contributed by atoms with Crippen LogP contribution in [0.15, 0.2) is 41.3 Å². The highest BCUT2D eigenvalue weighted by Crippen LogP contribution is 2.70. The third-order valence-corrected chi connectivity index (χ3v) is 12.3. The molecule has 2 aliphatic heterocycles. The molecule has 1 N–H and O–H groups in total. The average Bonchev–Trinajstić information content (AvgIpc) is 3.82. The van der Waals surface area contributed by atoms with Crippen molar-refractivity contribution >= 4 is 53.7 Å². The highest BCUT2D eigenvalue weighted by atomic mass is 16.7. The fourth-order valence-electron chi connectivity index (χ4n) is 9.94. The van der Waals surface area contributed by atoms with Gasteiger partial charge >= 0.3 is 53.7 Å². The number of aryl methyl sites for hydroxylation is 1. The molecule has 12 atom stereocenters. The van der Waals surface area contributed by atoms with Crippen molar-refractivity contribution in [1.82, 2.24) is 4.98 Å². The SMILES string of the molecule is CC(=O)OC[C@]12[C@H](OC(C)=O)[C@H](OC(C)=O)[C@@H]3[C@@H](OC(C)=O)[C@@]14O[C@@]3(C)COC(=O)c1cccnc1CCC(C)(OC(C)=O)C(=O)O[C@@H]([C@H](OC(=O)c1ccoc1)[C@@H]2OC(C)=O)[C@]4(C)O. The Hall–Kier alpha value is -6.42. The van der Waals surface area contributed by atoms with Gasteiger partial charge in [-0.2, -0.15) is 0 Å². The maximum absolute atomic E-state index is 14.9. The number of aliphatic hydroxyl groups is 1. The van der Waals surface area contributed by atoms with Crippen LogP contribution in [0.2, 0.25) is 0 Å². The highest BCUT2D eigenvalue weighted by Gasteiger charge is 2.92. The molecule has 2 saturated carbocycles. The summed E-state index contributed by atoms with van der Waals surface area (Å²) in [6.07, 6.45) is -10.3. The van der Waals surface area contributed by atoms with Gasteiger partial charge in [-0.1, -0.05) is 0 Å². The maximum Gasteiger partial charge on any atom is 0.350 e. The van der Waals surface area contributed by atoms with Crippen molar-refractivity contribution in [2.24, 2.45) is 11.3 Å². The minimum absolute atomic E-state index is 0.0619. The minimum atomic E-state index is -3.04. The number of carbonyl (C=O) groups is 9. The van der Waals surface area contributed by atoms with Crippen molar-refractivity contribution < 1.29 is 100 Å². The molecule has 2 aliphatic carbocycles. The Bertz CT molecular complexity index is 2270. The quantitative estimate of drug-likeness (QED) is 0.275. The van der Waals surface area contributed by atoms with Gasteiger partial charge in [0.2, 0.25) is 5.60 Å². The average molecular weight is 916 g/mol. The monoisotopic (exact) mass is 915 g/mol. The molecule has 2 aromatic rings. The van der Waals surface area contributed by atoms with E-state index in [1.54, 1.807) is 0 Å². The fraction of sp³-hybridized carbons (Fsp3) is 0.581. The second-order valence-corrected chi connectivity index (χ2v) is 16.9. The number of carbonyl (C=O) groups excluding carboxylic acids is 9. The van der Waals surface area contributed by atoms with Crippen LogP contribution in [0.4, 0.5) is 0 Å². The normalized spacial score (nSPS) is 35.0. The van der Waals surface area contributed by atoms with E-state index in [0.29, 0.717) is 0 Å². The Morgan fingerprint density at radius 3 is 1.97 bits per heavy atom. The summed E-state index contributed by atoms with van der Waals surface area (Å²) in [4.78, 5) is 127. The summed E-state index contributed by atoms with van der Waals surface area (Å²) >= 11 is 0. The zero-order chi connectivity index (χ0) is 48.0. The van der Waals surface area contributed by atoms with Crippen molar-refractivity contribution in [3.8, 4) is 0 Å². The van der Waals surface area contributed by atoms with Crippen LogP contribution in [0.1, 0.15) is 95.1 Å². The molecule has 0 amide bonds. The molecular weight excluding hydrogens is 866 g/mol. The number of pyridine rings is 1. The smallest absolute Gasteiger partial charge is 0.350 e. The lowest BCUT2D eigenvalue weighted by molar-refractivity contribution is -0.386. The number of esters is 9. The Labute approximate surface area is 370 Å². The molecule has 352 valence electrons. The van der Waals surface area contributed by atoms with Crippen molar-refractivity contribution in [3.63, 3.8) is 0 Å². The van der Waals surface area contributed by atoms with Crippen LogP contribution in [0.25, 0.3) is 0 Å². The van der Waals surface area contributed by atoms with Crippen LogP contribution < -0.4 is 0 Å². The third kappa shape index (κ3) is 8.28. The molecule has 1 unspecified atom stereocenters. The Balaban J connectivity index is 1.80. The largest absolute Gasteiger partial charge is 0.472 e. The van der Waals surface area contributed by atoms with E-state index in [1.165, 1.54) is 31.3 Å². The summed E-state index contributed by atoms with van der Waals surface area (Å²) < 4.78 is 65.7. The molecule has 4 heterocycles. The number of hydrogen-bond acceptors (Lipinski definition) is 22. The van der Waals surface area contributed by atoms with E-state index in [4.69, 9.17) is 51.8 Å². The predicted octanol–water partition coefficient (Wildman–Crippen LogP) is 1.44. The summed E-state index contributed by atoms with van der Waals surface area (Å²) in [5.74, 6) is -11.7. The molecule has 6 rings (SSSR count). The number of aromatic nitrogens is 1. The first kappa shape index (κ1) is 48.0. The standard InChI is InChI=1S/C43H49NO21/c1-20(45)56-19-42-34(60-23(4)48)30(58-21(2)46)29-32(59-22(3)47)43(42)41(9,54)33(31(35(42)61-24(5)49)62-36(51)26-13-16-55-17-26)63-38(53)39(7,64-25(6)50)14-12-28-27(11-10-15-44-28)37(52)57-18-40(29,8)65-43/h10-11,13,15-17,29-35,54H,12,14,18-19H2,1-9H3/t29-,30-,31+,32-,33+,34-,35+,39?,40+,41+,42-,43+/m1/s1. The molecule has 3 fully saturated rings. The van der Waals surface area contributed by atoms with Crippen LogP contribution in [-0.2, 0) is 87.4 Å². The van der Waals surface area contributed by atoms with Gasteiger partial charge in [0, 0.05) is 54.2 Å². The number of rotatable bonds is 9. The van der Waals surface area contributed by atoms with Crippen molar-refractivity contribution in [1.29, 1.82) is 0 Å². The van der Waals surface area contributed by atoms with Crippen LogP contribution in [0.3, 0.4) is 0 Å². The number of fused-ring (bicyclic) bond motifs is 5. The third-order valence-electron chi connectivity index (χ3n) is 12.3. The molecule has 0 aromatic carbocycles. The fourth-order valence-corrected chi connectivity index (χ4v) is 9.94. The highest BCUT2D eigenvalue weighted by molar-refractivity contribution is 5.91. The van der Waals surface area contributed by atoms with E-state index in [1.807, 2.05) is 0 Å². The first-order valence-electron chi connectivity index (χ1n) is 20.3. The molecule has 4 aliphatic rings. The van der Waals surface area contributed by atoms with Gasteiger partial charge in [0.05, 0.1) is 29.0 Å². The van der Waals surface area contributed by atoms with E-state index in [2.05, 4.69) is 4.98 Å². The molecule has 1 saturated heterocycles. The van der Waals surface area contributed by atoms with Crippen molar-refractivity contribution in [3.05, 3.63) is 53.7 Å². The summed E-state index contributed by atoms with van der Waals surface area (Å²) in [7, 11) is 0. The molecule has 0 radical (unpaired) electrons. The summed E-state index contributed by atoms with van der Waals surface area (Å²) in [5, 5.41) is 13.7. The maximum atomic E-state index is 14.9. The summed E-state index contributed by atoms with van der Waals surface area (Å²) in [6, 6.07) is 3.97. The number of ether oxygens (including phenoxy) is 10. The van der Waals surface area contributed by atoms with Crippen molar-refractivity contribution in [2.75, 3.05) is 13.2 Å². The number of furan rings is 1. The lowest BCUT2D eigenvalue weighted by Crippen LogP contribution is -2.89. The minimum Gasteiger partial charge on any atom is -0.472 e. The van der Waals surface area contributed by atoms with E-state index >= 15 is 0 Å². The molecule has 22 heteroatoms. The zero-order valence-corrected chi connectivity index (χ0v) is 36.9. The Morgan fingerprint density at radius 2 is 1.40 bits per heavy atom. The molecule has 22 nitrogen and oxygen atoms in total. The summed E-state index contributed by atoms with van der Waals surface area (Å²) in [6.45, 7) is 7.26. The van der Waals surface area contributed by atoms with Gasteiger partial charge in [-0.25, -0.2) is 14.4 Å². The van der Waals surface area contributed by atoms with Gasteiger partial charge in [0.1, 0.15) is 48.3 Å². The number of nitrogens with zero attached hydrogens (tertiary/aromatic N) is 1. The van der Waals surface area contributed by atoms with Crippen LogP contribution in [-0.4, -0.2) is 136 Å². The van der Waals surface area contributed by atoms with Crippen LogP contribution in [0, 0.1) is 11.3 Å².